The van der Waals surface area contributed by atoms with E-state index in [1.165, 1.54) is 30.5 Å². The van der Waals surface area contributed by atoms with Crippen molar-refractivity contribution in [1.29, 1.82) is 0 Å². The number of rotatable bonds is 5. The van der Waals surface area contributed by atoms with E-state index in [4.69, 9.17) is 16.0 Å². The van der Waals surface area contributed by atoms with E-state index in [0.717, 1.165) is 0 Å². The van der Waals surface area contributed by atoms with Gasteiger partial charge in [-0.3, -0.25) is 4.79 Å². The number of aryl methyl sites for hydroxylation is 1. The van der Waals surface area contributed by atoms with Crippen LogP contribution in [0.1, 0.15) is 12.3 Å². The molecule has 0 saturated carbocycles. The Morgan fingerprint density at radius 1 is 1.16 bits per heavy atom. The molecule has 0 aliphatic rings. The number of hydrogen-bond donors (Lipinski definition) is 1. The van der Waals surface area contributed by atoms with Crippen molar-refractivity contribution in [3.05, 3.63) is 71.2 Å². The van der Waals surface area contributed by atoms with Gasteiger partial charge in [-0.1, -0.05) is 23.7 Å². The van der Waals surface area contributed by atoms with Crippen molar-refractivity contribution in [3.63, 3.8) is 0 Å². The molecule has 4 nitrogen and oxygen atoms in total. The fourth-order valence-corrected chi connectivity index (χ4v) is 2.41. The molecule has 0 aliphatic carbocycles. The number of halogens is 3. The van der Waals surface area contributed by atoms with Gasteiger partial charge >= 0.3 is 0 Å². The third-order valence-corrected chi connectivity index (χ3v) is 3.75. The Bertz CT molecular complexity index is 912. The van der Waals surface area contributed by atoms with E-state index in [0.29, 0.717) is 22.9 Å². The van der Waals surface area contributed by atoms with Gasteiger partial charge in [0.2, 0.25) is 5.91 Å². The van der Waals surface area contributed by atoms with Gasteiger partial charge in [-0.15, -0.1) is 0 Å². The van der Waals surface area contributed by atoms with Crippen LogP contribution in [0.2, 0.25) is 5.02 Å². The molecule has 3 aromatic rings. The lowest BCUT2D eigenvalue weighted by atomic mass is 10.2. The van der Waals surface area contributed by atoms with E-state index in [1.54, 1.807) is 18.2 Å². The number of nitrogens with one attached hydrogen (secondary N) is 1. The molecule has 0 aliphatic heterocycles. The third kappa shape index (κ3) is 4.22. The second kappa shape index (κ2) is 7.44. The number of aromatic nitrogens is 1. The summed E-state index contributed by atoms with van der Waals surface area (Å²) >= 11 is 5.66. The number of amides is 1. The van der Waals surface area contributed by atoms with Gasteiger partial charge in [0, 0.05) is 18.5 Å². The predicted molar refractivity (Wildman–Crippen MR) is 90.3 cm³/mol. The molecule has 0 spiro atoms. The van der Waals surface area contributed by atoms with Crippen LogP contribution in [-0.4, -0.2) is 10.9 Å². The third-order valence-electron chi connectivity index (χ3n) is 3.46. The number of nitrogens with zero attached hydrogens (tertiary/aromatic N) is 1. The summed E-state index contributed by atoms with van der Waals surface area (Å²) in [6, 6.07) is 10.1. The van der Waals surface area contributed by atoms with E-state index in [2.05, 4.69) is 10.3 Å². The van der Waals surface area contributed by atoms with Gasteiger partial charge in [0.25, 0.3) is 0 Å². The van der Waals surface area contributed by atoms with Gasteiger partial charge in [-0.25, -0.2) is 13.8 Å². The van der Waals surface area contributed by atoms with Gasteiger partial charge in [0.05, 0.1) is 16.8 Å². The maximum absolute atomic E-state index is 13.7. The maximum atomic E-state index is 13.7. The summed E-state index contributed by atoms with van der Waals surface area (Å²) in [6.07, 6.45) is 1.77. The van der Waals surface area contributed by atoms with E-state index in [1.807, 2.05) is 0 Å². The van der Waals surface area contributed by atoms with Crippen molar-refractivity contribution in [2.45, 2.75) is 12.8 Å². The predicted octanol–water partition coefficient (Wildman–Crippen LogP) is 4.84. The first kappa shape index (κ1) is 17.1. The van der Waals surface area contributed by atoms with Crippen molar-refractivity contribution in [2.24, 2.45) is 0 Å². The molecule has 1 aromatic heterocycles. The number of carbonyl (C=O) groups is 1. The number of anilines is 1. The van der Waals surface area contributed by atoms with Crippen LogP contribution in [0.5, 0.6) is 0 Å². The zero-order valence-corrected chi connectivity index (χ0v) is 13.7. The van der Waals surface area contributed by atoms with Crippen LogP contribution in [-0.2, 0) is 11.2 Å². The molecule has 1 amide bonds. The highest BCUT2D eigenvalue weighted by Crippen LogP contribution is 2.24. The molecule has 0 bridgehead atoms. The summed E-state index contributed by atoms with van der Waals surface area (Å²) in [7, 11) is 0. The Hall–Kier alpha value is -2.73. The Kier molecular flexibility index (Phi) is 5.09. The SMILES string of the molecule is O=C(CCc1ncc(-c2ccccc2F)o1)Nc1ccc(F)c(Cl)c1. The number of benzene rings is 2. The van der Waals surface area contributed by atoms with Gasteiger partial charge in [-0.05, 0) is 30.3 Å². The lowest BCUT2D eigenvalue weighted by molar-refractivity contribution is -0.116. The molecule has 0 unspecified atom stereocenters. The molecule has 7 heteroatoms. The first-order valence-electron chi connectivity index (χ1n) is 7.47. The smallest absolute Gasteiger partial charge is 0.224 e. The summed E-state index contributed by atoms with van der Waals surface area (Å²) in [5.41, 5.74) is 0.711. The Morgan fingerprint density at radius 3 is 2.72 bits per heavy atom. The molecule has 2 aromatic carbocycles. The standard InChI is InChI=1S/C18H13ClF2N2O2/c19-13-9-11(5-6-15(13)21)23-17(24)7-8-18-22-10-16(25-18)12-3-1-2-4-14(12)20/h1-6,9-10H,7-8H2,(H,23,24). The van der Waals surface area contributed by atoms with Crippen LogP contribution in [0.3, 0.4) is 0 Å². The van der Waals surface area contributed by atoms with Crippen molar-refractivity contribution in [3.8, 4) is 11.3 Å². The summed E-state index contributed by atoms with van der Waals surface area (Å²) in [6.45, 7) is 0. The summed E-state index contributed by atoms with van der Waals surface area (Å²) in [5, 5.41) is 2.54. The average molecular weight is 363 g/mol. The van der Waals surface area contributed by atoms with Crippen LogP contribution >= 0.6 is 11.6 Å². The van der Waals surface area contributed by atoms with Crippen molar-refractivity contribution in [1.82, 2.24) is 4.98 Å². The van der Waals surface area contributed by atoms with Crippen LogP contribution in [0, 0.1) is 11.6 Å². The minimum Gasteiger partial charge on any atom is -0.441 e. The fraction of sp³-hybridized carbons (Fsp3) is 0.111. The second-order valence-electron chi connectivity index (χ2n) is 5.28. The molecular formula is C18H13ClF2N2O2. The monoisotopic (exact) mass is 362 g/mol. The number of carbonyl (C=O) groups excluding carboxylic acids is 1. The molecule has 0 radical (unpaired) electrons. The molecule has 128 valence electrons. The van der Waals surface area contributed by atoms with E-state index < -0.39 is 11.6 Å². The molecular weight excluding hydrogens is 350 g/mol. The van der Waals surface area contributed by atoms with Crippen molar-refractivity contribution in [2.75, 3.05) is 5.32 Å². The van der Waals surface area contributed by atoms with Crippen LogP contribution in [0.15, 0.2) is 53.1 Å². The van der Waals surface area contributed by atoms with Gasteiger partial charge < -0.3 is 9.73 Å². The summed E-state index contributed by atoms with van der Waals surface area (Å²) in [5.74, 6) is -0.631. The molecule has 0 atom stereocenters. The molecule has 0 saturated heterocycles. The van der Waals surface area contributed by atoms with Gasteiger partial charge in [0.1, 0.15) is 11.6 Å². The summed E-state index contributed by atoms with van der Waals surface area (Å²) < 4.78 is 32.3. The van der Waals surface area contributed by atoms with Crippen LogP contribution in [0.4, 0.5) is 14.5 Å². The average Bonchev–Trinajstić information content (AvgIpc) is 3.05. The molecule has 25 heavy (non-hydrogen) atoms. The Labute approximate surface area is 147 Å². The molecule has 1 heterocycles. The van der Waals surface area contributed by atoms with Crippen LogP contribution in [0.25, 0.3) is 11.3 Å². The lowest BCUT2D eigenvalue weighted by Crippen LogP contribution is -2.12. The highest BCUT2D eigenvalue weighted by molar-refractivity contribution is 6.31. The number of hydrogen-bond acceptors (Lipinski definition) is 3. The van der Waals surface area contributed by atoms with E-state index >= 15 is 0 Å². The van der Waals surface area contributed by atoms with E-state index in [-0.39, 0.29) is 23.8 Å². The second-order valence-corrected chi connectivity index (χ2v) is 5.68. The lowest BCUT2D eigenvalue weighted by Gasteiger charge is -2.05. The zero-order valence-electron chi connectivity index (χ0n) is 12.9. The first-order valence-corrected chi connectivity index (χ1v) is 7.85. The zero-order chi connectivity index (χ0) is 17.8. The minimum absolute atomic E-state index is 0.0694. The first-order chi connectivity index (χ1) is 12.0. The minimum atomic E-state index is -0.555. The van der Waals surface area contributed by atoms with E-state index in [9.17, 15) is 13.6 Å². The highest BCUT2D eigenvalue weighted by atomic mass is 35.5. The highest BCUT2D eigenvalue weighted by Gasteiger charge is 2.12. The van der Waals surface area contributed by atoms with Crippen LogP contribution < -0.4 is 5.32 Å². The summed E-state index contributed by atoms with van der Waals surface area (Å²) in [4.78, 5) is 16.0. The van der Waals surface area contributed by atoms with Gasteiger partial charge in [0.15, 0.2) is 11.7 Å². The maximum Gasteiger partial charge on any atom is 0.224 e. The largest absolute Gasteiger partial charge is 0.441 e. The molecule has 1 N–H and O–H groups in total. The number of oxazole rings is 1. The molecule has 0 fully saturated rings. The normalized spacial score (nSPS) is 10.7. The fourth-order valence-electron chi connectivity index (χ4n) is 2.23. The molecule has 3 rings (SSSR count). The van der Waals surface area contributed by atoms with Gasteiger partial charge in [-0.2, -0.15) is 0 Å². The van der Waals surface area contributed by atoms with Crippen molar-refractivity contribution >= 4 is 23.2 Å². The van der Waals surface area contributed by atoms with Crippen molar-refractivity contribution < 1.29 is 18.0 Å². The quantitative estimate of drug-likeness (QED) is 0.706. The Balaban J connectivity index is 1.59. The Morgan fingerprint density at radius 2 is 1.96 bits per heavy atom. The topological polar surface area (TPSA) is 55.1 Å².